The quantitative estimate of drug-likeness (QED) is 0.862. The summed E-state index contributed by atoms with van der Waals surface area (Å²) in [6.45, 7) is 4.84. The molecule has 0 radical (unpaired) electrons. The predicted molar refractivity (Wildman–Crippen MR) is 69.8 cm³/mol. The van der Waals surface area contributed by atoms with E-state index in [4.69, 9.17) is 5.11 Å². The van der Waals surface area contributed by atoms with E-state index in [0.717, 1.165) is 5.56 Å². The van der Waals surface area contributed by atoms with E-state index in [9.17, 15) is 9.59 Å². The van der Waals surface area contributed by atoms with Crippen molar-refractivity contribution in [3.8, 4) is 0 Å². The van der Waals surface area contributed by atoms with Gasteiger partial charge in [0.05, 0.1) is 0 Å². The van der Waals surface area contributed by atoms with Crippen molar-refractivity contribution in [3.63, 3.8) is 0 Å². The predicted octanol–water partition coefficient (Wildman–Crippen LogP) is 2.00. The number of rotatable bonds is 3. The summed E-state index contributed by atoms with van der Waals surface area (Å²) in [5.41, 5.74) is 0.508. The number of nitrogens with zero attached hydrogens (tertiary/aromatic N) is 1. The van der Waals surface area contributed by atoms with E-state index in [2.05, 4.69) is 5.32 Å². The summed E-state index contributed by atoms with van der Waals surface area (Å²) in [6.07, 6.45) is 0. The molecule has 0 atom stereocenters. The highest BCUT2D eigenvalue weighted by Crippen LogP contribution is 2.14. The molecule has 1 rings (SSSR count). The van der Waals surface area contributed by atoms with Gasteiger partial charge >= 0.3 is 12.0 Å². The van der Waals surface area contributed by atoms with Crippen LogP contribution in [0.15, 0.2) is 24.3 Å². The molecule has 0 saturated heterocycles. The maximum Gasteiger partial charge on any atom is 0.328 e. The van der Waals surface area contributed by atoms with Gasteiger partial charge in [0, 0.05) is 12.7 Å². The summed E-state index contributed by atoms with van der Waals surface area (Å²) < 4.78 is 0. The molecule has 2 N–H and O–H groups in total. The van der Waals surface area contributed by atoms with Crippen LogP contribution in [-0.4, -0.2) is 29.7 Å². The van der Waals surface area contributed by atoms with Crippen LogP contribution < -0.4 is 10.2 Å². The number of carbonyl (C=O) groups is 2. The van der Waals surface area contributed by atoms with Crippen molar-refractivity contribution < 1.29 is 14.7 Å². The van der Waals surface area contributed by atoms with E-state index >= 15 is 0 Å². The van der Waals surface area contributed by atoms with Gasteiger partial charge in [-0.25, -0.2) is 9.59 Å². The third kappa shape index (κ3) is 3.23. The minimum Gasteiger partial charge on any atom is -0.480 e. The lowest BCUT2D eigenvalue weighted by molar-refractivity contribution is -0.142. The molecule has 0 fully saturated rings. The molecule has 18 heavy (non-hydrogen) atoms. The molecule has 0 aliphatic heterocycles. The first kappa shape index (κ1) is 14.0. The molecule has 0 aromatic heterocycles. The number of carbonyl (C=O) groups excluding carboxylic acids is 1. The van der Waals surface area contributed by atoms with Crippen molar-refractivity contribution in [1.82, 2.24) is 5.32 Å². The summed E-state index contributed by atoms with van der Waals surface area (Å²) in [5, 5.41) is 11.4. The summed E-state index contributed by atoms with van der Waals surface area (Å²) in [7, 11) is 1.60. The summed E-state index contributed by atoms with van der Waals surface area (Å²) >= 11 is 0. The van der Waals surface area contributed by atoms with Crippen molar-refractivity contribution in [3.05, 3.63) is 29.8 Å². The first-order valence-corrected chi connectivity index (χ1v) is 5.60. The zero-order valence-electron chi connectivity index (χ0n) is 11.0. The highest BCUT2D eigenvalue weighted by atomic mass is 16.4. The second-order valence-electron chi connectivity index (χ2n) is 4.75. The molecule has 0 spiro atoms. The molecule has 2 amide bonds. The zero-order valence-corrected chi connectivity index (χ0v) is 11.0. The van der Waals surface area contributed by atoms with Gasteiger partial charge < -0.3 is 10.4 Å². The fraction of sp³-hybridized carbons (Fsp3) is 0.385. The maximum atomic E-state index is 11.9. The average Bonchev–Trinajstić information content (AvgIpc) is 2.28. The number of aliphatic carboxylic acids is 1. The minimum absolute atomic E-state index is 0.453. The second-order valence-corrected chi connectivity index (χ2v) is 4.75. The number of nitrogens with one attached hydrogen (secondary N) is 1. The normalized spacial score (nSPS) is 10.9. The van der Waals surface area contributed by atoms with Gasteiger partial charge in [0.25, 0.3) is 0 Å². The van der Waals surface area contributed by atoms with Crippen LogP contribution in [-0.2, 0) is 4.79 Å². The first-order chi connectivity index (χ1) is 8.24. The average molecular weight is 250 g/mol. The Labute approximate surface area is 106 Å². The highest BCUT2D eigenvalue weighted by molar-refractivity contribution is 5.95. The Balaban J connectivity index is 2.79. The lowest BCUT2D eigenvalue weighted by Crippen LogP contribution is -2.53. The molecule has 5 nitrogen and oxygen atoms in total. The monoisotopic (exact) mass is 250 g/mol. The molecule has 1 aromatic rings. The number of hydrogen-bond donors (Lipinski definition) is 2. The molecule has 1 aromatic carbocycles. The minimum atomic E-state index is -1.30. The van der Waals surface area contributed by atoms with E-state index in [1.54, 1.807) is 7.05 Å². The molecular weight excluding hydrogens is 232 g/mol. The molecule has 0 unspecified atom stereocenters. The van der Waals surface area contributed by atoms with Crippen LogP contribution in [0.3, 0.4) is 0 Å². The van der Waals surface area contributed by atoms with Gasteiger partial charge in [-0.05, 0) is 32.9 Å². The highest BCUT2D eigenvalue weighted by Gasteiger charge is 2.30. The first-order valence-electron chi connectivity index (χ1n) is 5.60. The van der Waals surface area contributed by atoms with Crippen molar-refractivity contribution in [1.29, 1.82) is 0 Å². The Morgan fingerprint density at radius 1 is 1.22 bits per heavy atom. The van der Waals surface area contributed by atoms with E-state index in [1.165, 1.54) is 18.7 Å². The number of carboxylic acids is 1. The van der Waals surface area contributed by atoms with Crippen LogP contribution in [0.25, 0.3) is 0 Å². The van der Waals surface area contributed by atoms with Gasteiger partial charge in [-0.1, -0.05) is 17.7 Å². The topological polar surface area (TPSA) is 69.6 Å². The van der Waals surface area contributed by atoms with Crippen LogP contribution in [0.5, 0.6) is 0 Å². The fourth-order valence-corrected chi connectivity index (χ4v) is 1.29. The number of aryl methyl sites for hydroxylation is 1. The summed E-state index contributed by atoms with van der Waals surface area (Å²) in [6, 6.07) is 6.94. The van der Waals surface area contributed by atoms with Crippen LogP contribution in [0.4, 0.5) is 10.5 Å². The lowest BCUT2D eigenvalue weighted by atomic mass is 10.1. The van der Waals surface area contributed by atoms with Gasteiger partial charge in [-0.15, -0.1) is 0 Å². The molecule has 98 valence electrons. The number of hydrogen-bond acceptors (Lipinski definition) is 2. The zero-order chi connectivity index (χ0) is 13.9. The molecule has 5 heteroatoms. The molecular formula is C13H18N2O3. The SMILES string of the molecule is Cc1ccc(N(C)C(=O)NC(C)(C)C(=O)O)cc1. The largest absolute Gasteiger partial charge is 0.480 e. The van der Waals surface area contributed by atoms with Crippen LogP contribution >= 0.6 is 0 Å². The Bertz CT molecular complexity index is 452. The maximum absolute atomic E-state index is 11.9. The van der Waals surface area contributed by atoms with E-state index in [1.807, 2.05) is 31.2 Å². The van der Waals surface area contributed by atoms with Gasteiger partial charge in [0.15, 0.2) is 0 Å². The van der Waals surface area contributed by atoms with Crippen molar-refractivity contribution >= 4 is 17.7 Å². The standard InChI is InChI=1S/C13H18N2O3/c1-9-5-7-10(8-6-9)15(4)12(18)14-13(2,3)11(16)17/h5-8H,1-4H3,(H,14,18)(H,16,17). The van der Waals surface area contributed by atoms with Gasteiger partial charge in [-0.3, -0.25) is 4.90 Å². The smallest absolute Gasteiger partial charge is 0.328 e. The molecule has 0 saturated carbocycles. The van der Waals surface area contributed by atoms with Crippen molar-refractivity contribution in [2.45, 2.75) is 26.3 Å². The van der Waals surface area contributed by atoms with Crippen LogP contribution in [0.2, 0.25) is 0 Å². The third-order valence-electron chi connectivity index (χ3n) is 2.68. The van der Waals surface area contributed by atoms with Crippen molar-refractivity contribution in [2.75, 3.05) is 11.9 Å². The molecule has 0 aliphatic carbocycles. The van der Waals surface area contributed by atoms with Gasteiger partial charge in [0.2, 0.25) is 0 Å². The van der Waals surface area contributed by atoms with E-state index in [0.29, 0.717) is 5.69 Å². The number of anilines is 1. The Kier molecular flexibility index (Phi) is 3.96. The van der Waals surface area contributed by atoms with E-state index in [-0.39, 0.29) is 0 Å². The Morgan fingerprint density at radius 2 is 1.72 bits per heavy atom. The number of amides is 2. The van der Waals surface area contributed by atoms with Gasteiger partial charge in [-0.2, -0.15) is 0 Å². The summed E-state index contributed by atoms with van der Waals surface area (Å²) in [4.78, 5) is 24.2. The number of benzene rings is 1. The molecule has 0 bridgehead atoms. The molecule has 0 aliphatic rings. The number of carboxylic acid groups (broad SMARTS) is 1. The lowest BCUT2D eigenvalue weighted by Gasteiger charge is -2.25. The summed E-state index contributed by atoms with van der Waals surface area (Å²) in [5.74, 6) is -1.08. The van der Waals surface area contributed by atoms with Crippen LogP contribution in [0.1, 0.15) is 19.4 Å². The number of urea groups is 1. The Hall–Kier alpha value is -2.04. The fourth-order valence-electron chi connectivity index (χ4n) is 1.29. The molecule has 0 heterocycles. The third-order valence-corrected chi connectivity index (χ3v) is 2.68. The van der Waals surface area contributed by atoms with E-state index < -0.39 is 17.5 Å². The second kappa shape index (κ2) is 5.08. The van der Waals surface area contributed by atoms with Gasteiger partial charge in [0.1, 0.15) is 5.54 Å². The van der Waals surface area contributed by atoms with Crippen molar-refractivity contribution in [2.24, 2.45) is 0 Å². The Morgan fingerprint density at radius 3 is 2.17 bits per heavy atom. The van der Waals surface area contributed by atoms with Crippen LogP contribution in [0, 0.1) is 6.92 Å².